The molecule has 0 radical (unpaired) electrons. The standard InChI is InChI=1S/C12H19N3O.ClH/c1-13-8-10-5-7-15(9-10)12(16)11-4-3-6-14(11)2;/h3-4,6,10,13H,5,7-9H2,1-2H3;1H. The molecule has 0 aromatic carbocycles. The highest BCUT2D eigenvalue weighted by atomic mass is 35.5. The first kappa shape index (κ1) is 14.1. The van der Waals surface area contributed by atoms with E-state index in [9.17, 15) is 4.79 Å². The molecule has 1 amide bonds. The fourth-order valence-corrected chi connectivity index (χ4v) is 2.32. The van der Waals surface area contributed by atoms with Crippen molar-refractivity contribution in [3.8, 4) is 0 Å². The first-order valence-electron chi connectivity index (χ1n) is 5.77. The zero-order valence-electron chi connectivity index (χ0n) is 10.3. The molecular formula is C12H20ClN3O. The minimum absolute atomic E-state index is 0. The molecule has 1 fully saturated rings. The summed E-state index contributed by atoms with van der Waals surface area (Å²) in [5.74, 6) is 0.764. The summed E-state index contributed by atoms with van der Waals surface area (Å²) in [6.07, 6.45) is 3.02. The molecule has 1 N–H and O–H groups in total. The Bertz CT molecular complexity index is 378. The first-order valence-corrected chi connectivity index (χ1v) is 5.77. The van der Waals surface area contributed by atoms with E-state index in [0.29, 0.717) is 5.92 Å². The van der Waals surface area contributed by atoms with Crippen LogP contribution in [0.5, 0.6) is 0 Å². The highest BCUT2D eigenvalue weighted by Gasteiger charge is 2.27. The highest BCUT2D eigenvalue weighted by Crippen LogP contribution is 2.18. The fraction of sp³-hybridized carbons (Fsp3) is 0.583. The van der Waals surface area contributed by atoms with E-state index in [-0.39, 0.29) is 18.3 Å². The quantitative estimate of drug-likeness (QED) is 0.882. The molecule has 1 unspecified atom stereocenters. The zero-order chi connectivity index (χ0) is 11.5. The SMILES string of the molecule is CNCC1CCN(C(=O)c2cccn2C)C1.Cl. The summed E-state index contributed by atoms with van der Waals surface area (Å²) in [5, 5.41) is 3.17. The van der Waals surface area contributed by atoms with Crippen molar-refractivity contribution in [2.75, 3.05) is 26.7 Å². The minimum Gasteiger partial charge on any atom is -0.347 e. The Morgan fingerprint density at radius 1 is 1.59 bits per heavy atom. The van der Waals surface area contributed by atoms with Crippen molar-refractivity contribution in [2.24, 2.45) is 13.0 Å². The van der Waals surface area contributed by atoms with Gasteiger partial charge in [-0.2, -0.15) is 0 Å². The van der Waals surface area contributed by atoms with E-state index < -0.39 is 0 Å². The number of hydrogen-bond donors (Lipinski definition) is 1. The molecule has 1 aromatic rings. The lowest BCUT2D eigenvalue weighted by molar-refractivity contribution is 0.0778. The van der Waals surface area contributed by atoms with Gasteiger partial charge in [-0.3, -0.25) is 4.79 Å². The Balaban J connectivity index is 0.00000144. The summed E-state index contributed by atoms with van der Waals surface area (Å²) in [6.45, 7) is 2.76. The number of hydrogen-bond acceptors (Lipinski definition) is 2. The van der Waals surface area contributed by atoms with Crippen LogP contribution in [-0.2, 0) is 7.05 Å². The Morgan fingerprint density at radius 3 is 2.94 bits per heavy atom. The molecule has 2 heterocycles. The van der Waals surface area contributed by atoms with Crippen molar-refractivity contribution in [1.82, 2.24) is 14.8 Å². The minimum atomic E-state index is 0. The fourth-order valence-electron chi connectivity index (χ4n) is 2.32. The summed E-state index contributed by atoms with van der Waals surface area (Å²) < 4.78 is 1.88. The van der Waals surface area contributed by atoms with Crippen LogP contribution in [-0.4, -0.2) is 42.1 Å². The third kappa shape index (κ3) is 3.01. The van der Waals surface area contributed by atoms with Crippen LogP contribution in [0.2, 0.25) is 0 Å². The largest absolute Gasteiger partial charge is 0.347 e. The molecule has 1 atom stereocenters. The zero-order valence-corrected chi connectivity index (χ0v) is 11.2. The number of nitrogens with zero attached hydrogens (tertiary/aromatic N) is 2. The third-order valence-corrected chi connectivity index (χ3v) is 3.23. The monoisotopic (exact) mass is 257 g/mol. The van der Waals surface area contributed by atoms with Gasteiger partial charge in [-0.25, -0.2) is 0 Å². The highest BCUT2D eigenvalue weighted by molar-refractivity contribution is 5.92. The van der Waals surface area contributed by atoms with Gasteiger partial charge in [-0.15, -0.1) is 12.4 Å². The molecule has 1 saturated heterocycles. The first-order chi connectivity index (χ1) is 7.72. The van der Waals surface area contributed by atoms with Crippen molar-refractivity contribution in [3.05, 3.63) is 24.0 Å². The van der Waals surface area contributed by atoms with Crippen molar-refractivity contribution >= 4 is 18.3 Å². The second kappa shape index (κ2) is 6.07. The van der Waals surface area contributed by atoms with Gasteiger partial charge in [-0.1, -0.05) is 0 Å². The van der Waals surface area contributed by atoms with Gasteiger partial charge in [-0.05, 0) is 38.1 Å². The summed E-state index contributed by atoms with van der Waals surface area (Å²) >= 11 is 0. The van der Waals surface area contributed by atoms with Gasteiger partial charge in [0.05, 0.1) is 0 Å². The van der Waals surface area contributed by atoms with Gasteiger partial charge < -0.3 is 14.8 Å². The molecule has 1 aliphatic rings. The van der Waals surface area contributed by atoms with Crippen LogP contribution >= 0.6 is 12.4 Å². The number of aromatic nitrogens is 1. The van der Waals surface area contributed by atoms with Gasteiger partial charge in [0.15, 0.2) is 0 Å². The second-order valence-corrected chi connectivity index (χ2v) is 4.47. The molecule has 1 aliphatic heterocycles. The van der Waals surface area contributed by atoms with Gasteiger partial charge in [0.25, 0.3) is 5.91 Å². The molecule has 5 heteroatoms. The number of amides is 1. The van der Waals surface area contributed by atoms with Crippen LogP contribution < -0.4 is 5.32 Å². The summed E-state index contributed by atoms with van der Waals surface area (Å²) in [5.41, 5.74) is 0.783. The van der Waals surface area contributed by atoms with Gasteiger partial charge in [0, 0.05) is 26.3 Å². The van der Waals surface area contributed by atoms with Crippen LogP contribution in [0, 0.1) is 5.92 Å². The molecule has 1 aromatic heterocycles. The predicted octanol–water partition coefficient (Wildman–Crippen LogP) is 1.13. The van der Waals surface area contributed by atoms with Crippen LogP contribution in [0.25, 0.3) is 0 Å². The van der Waals surface area contributed by atoms with Gasteiger partial charge in [0.1, 0.15) is 5.69 Å². The van der Waals surface area contributed by atoms with Crippen LogP contribution in [0.3, 0.4) is 0 Å². The summed E-state index contributed by atoms with van der Waals surface area (Å²) in [6, 6.07) is 3.79. The number of halogens is 1. The number of nitrogens with one attached hydrogen (secondary N) is 1. The summed E-state index contributed by atoms with van der Waals surface area (Å²) in [4.78, 5) is 14.1. The van der Waals surface area contributed by atoms with E-state index in [4.69, 9.17) is 0 Å². The third-order valence-electron chi connectivity index (χ3n) is 3.23. The molecule has 0 aliphatic carbocycles. The van der Waals surface area contributed by atoms with E-state index in [0.717, 1.165) is 31.7 Å². The molecule has 96 valence electrons. The maximum Gasteiger partial charge on any atom is 0.270 e. The van der Waals surface area contributed by atoms with E-state index in [1.165, 1.54) is 0 Å². The maximum absolute atomic E-state index is 12.2. The number of aryl methyl sites for hydroxylation is 1. The van der Waals surface area contributed by atoms with Gasteiger partial charge in [0.2, 0.25) is 0 Å². The number of carbonyl (C=O) groups is 1. The number of carbonyl (C=O) groups excluding carboxylic acids is 1. The Kier molecular flexibility index (Phi) is 5.02. The molecule has 2 rings (SSSR count). The molecule has 4 nitrogen and oxygen atoms in total. The van der Waals surface area contributed by atoms with Crippen molar-refractivity contribution in [1.29, 1.82) is 0 Å². The average Bonchev–Trinajstić information content (AvgIpc) is 2.87. The second-order valence-electron chi connectivity index (χ2n) is 4.47. The van der Waals surface area contributed by atoms with Crippen LogP contribution in [0.4, 0.5) is 0 Å². The van der Waals surface area contributed by atoms with E-state index in [1.807, 2.05) is 41.9 Å². The maximum atomic E-state index is 12.2. The Labute approximate surface area is 108 Å². The van der Waals surface area contributed by atoms with Crippen LogP contribution in [0.15, 0.2) is 18.3 Å². The molecule has 17 heavy (non-hydrogen) atoms. The summed E-state index contributed by atoms with van der Waals surface area (Å²) in [7, 11) is 3.87. The molecule has 0 saturated carbocycles. The Hall–Kier alpha value is -1.00. The van der Waals surface area contributed by atoms with E-state index in [1.54, 1.807) is 0 Å². The van der Waals surface area contributed by atoms with Crippen molar-refractivity contribution in [3.63, 3.8) is 0 Å². The molecular weight excluding hydrogens is 238 g/mol. The lowest BCUT2D eigenvalue weighted by atomic mass is 10.1. The van der Waals surface area contributed by atoms with Crippen molar-refractivity contribution in [2.45, 2.75) is 6.42 Å². The smallest absolute Gasteiger partial charge is 0.270 e. The number of likely N-dealkylation sites (tertiary alicyclic amines) is 1. The average molecular weight is 258 g/mol. The van der Waals surface area contributed by atoms with Gasteiger partial charge >= 0.3 is 0 Å². The normalized spacial score (nSPS) is 19.2. The van der Waals surface area contributed by atoms with E-state index in [2.05, 4.69) is 5.32 Å². The molecule has 0 bridgehead atoms. The number of rotatable bonds is 3. The van der Waals surface area contributed by atoms with E-state index >= 15 is 0 Å². The molecule has 0 spiro atoms. The lowest BCUT2D eigenvalue weighted by Gasteiger charge is -2.16. The van der Waals surface area contributed by atoms with Crippen molar-refractivity contribution < 1.29 is 4.79 Å². The predicted molar refractivity (Wildman–Crippen MR) is 70.6 cm³/mol. The van der Waals surface area contributed by atoms with Crippen LogP contribution in [0.1, 0.15) is 16.9 Å². The topological polar surface area (TPSA) is 37.3 Å². The Morgan fingerprint density at radius 2 is 2.35 bits per heavy atom. The lowest BCUT2D eigenvalue weighted by Crippen LogP contribution is -2.31.